The summed E-state index contributed by atoms with van der Waals surface area (Å²) in [7, 11) is 0. The first-order valence-electron chi connectivity index (χ1n) is 5.29. The average Bonchev–Trinajstić information content (AvgIpc) is 2.13. The van der Waals surface area contributed by atoms with Crippen LogP contribution in [-0.2, 0) is 19.1 Å². The summed E-state index contributed by atoms with van der Waals surface area (Å²) in [6.45, 7) is 10.6. The molecule has 0 saturated heterocycles. The van der Waals surface area contributed by atoms with E-state index in [1.165, 1.54) is 19.9 Å². The maximum atomic E-state index is 11.6. The SMILES string of the molecule is C=CCC(=O)OC(C)(C)C(=O)OCC(C)C. The van der Waals surface area contributed by atoms with Gasteiger partial charge in [0.25, 0.3) is 0 Å². The molecule has 0 aromatic carbocycles. The Balaban J connectivity index is 4.24. The third-order valence-electron chi connectivity index (χ3n) is 1.72. The van der Waals surface area contributed by atoms with Crippen LogP contribution in [0.3, 0.4) is 0 Å². The average molecular weight is 228 g/mol. The summed E-state index contributed by atoms with van der Waals surface area (Å²) in [5.74, 6) is -0.760. The van der Waals surface area contributed by atoms with Gasteiger partial charge < -0.3 is 9.47 Å². The predicted molar refractivity (Wildman–Crippen MR) is 60.8 cm³/mol. The zero-order valence-corrected chi connectivity index (χ0v) is 10.4. The molecule has 16 heavy (non-hydrogen) atoms. The molecule has 0 saturated carbocycles. The molecule has 4 nitrogen and oxygen atoms in total. The van der Waals surface area contributed by atoms with Crippen LogP contribution in [0.1, 0.15) is 34.1 Å². The van der Waals surface area contributed by atoms with E-state index in [4.69, 9.17) is 9.47 Å². The number of esters is 2. The molecule has 0 fully saturated rings. The first-order chi connectivity index (χ1) is 7.29. The van der Waals surface area contributed by atoms with Crippen LogP contribution in [-0.4, -0.2) is 24.1 Å². The molecule has 0 spiro atoms. The Morgan fingerprint density at radius 1 is 1.38 bits per heavy atom. The molecule has 0 aliphatic carbocycles. The summed E-state index contributed by atoms with van der Waals surface area (Å²) in [6, 6.07) is 0. The number of rotatable bonds is 6. The summed E-state index contributed by atoms with van der Waals surface area (Å²) < 4.78 is 9.99. The van der Waals surface area contributed by atoms with E-state index in [0.29, 0.717) is 6.61 Å². The van der Waals surface area contributed by atoms with E-state index in [1.54, 1.807) is 0 Å². The van der Waals surface area contributed by atoms with E-state index < -0.39 is 17.5 Å². The van der Waals surface area contributed by atoms with Crippen molar-refractivity contribution in [3.05, 3.63) is 12.7 Å². The normalized spacial score (nSPS) is 11.1. The minimum Gasteiger partial charge on any atom is -0.462 e. The molecule has 0 amide bonds. The Kier molecular flexibility index (Phi) is 5.78. The fourth-order valence-electron chi connectivity index (χ4n) is 0.902. The topological polar surface area (TPSA) is 52.6 Å². The summed E-state index contributed by atoms with van der Waals surface area (Å²) in [5.41, 5.74) is -1.24. The molecule has 0 aromatic rings. The number of hydrogen-bond acceptors (Lipinski definition) is 4. The number of ether oxygens (including phenoxy) is 2. The fraction of sp³-hybridized carbons (Fsp3) is 0.667. The summed E-state index contributed by atoms with van der Waals surface area (Å²) in [5, 5.41) is 0. The quantitative estimate of drug-likeness (QED) is 0.516. The van der Waals surface area contributed by atoms with Crippen molar-refractivity contribution in [3.63, 3.8) is 0 Å². The van der Waals surface area contributed by atoms with Crippen LogP contribution >= 0.6 is 0 Å². The van der Waals surface area contributed by atoms with Gasteiger partial charge in [0.2, 0.25) is 5.60 Å². The molecular weight excluding hydrogens is 208 g/mol. The second-order valence-electron chi connectivity index (χ2n) is 4.47. The number of carbonyl (C=O) groups excluding carboxylic acids is 2. The first kappa shape index (κ1) is 14.7. The Bertz CT molecular complexity index is 266. The molecule has 0 rings (SSSR count). The van der Waals surface area contributed by atoms with Gasteiger partial charge in [-0.05, 0) is 19.8 Å². The van der Waals surface area contributed by atoms with Gasteiger partial charge in [0.15, 0.2) is 0 Å². The molecule has 0 aromatic heterocycles. The molecule has 0 atom stereocenters. The summed E-state index contributed by atoms with van der Waals surface area (Å²) in [4.78, 5) is 22.8. The lowest BCUT2D eigenvalue weighted by Crippen LogP contribution is -2.39. The van der Waals surface area contributed by atoms with E-state index in [-0.39, 0.29) is 12.3 Å². The van der Waals surface area contributed by atoms with Gasteiger partial charge in [0.05, 0.1) is 13.0 Å². The lowest BCUT2D eigenvalue weighted by atomic mass is 10.1. The van der Waals surface area contributed by atoms with Crippen molar-refractivity contribution in [2.75, 3.05) is 6.61 Å². The summed E-state index contributed by atoms with van der Waals surface area (Å²) >= 11 is 0. The van der Waals surface area contributed by atoms with Crippen molar-refractivity contribution in [1.82, 2.24) is 0 Å². The maximum absolute atomic E-state index is 11.6. The lowest BCUT2D eigenvalue weighted by molar-refractivity contribution is -0.178. The van der Waals surface area contributed by atoms with Crippen LogP contribution in [0.4, 0.5) is 0 Å². The Hall–Kier alpha value is -1.32. The van der Waals surface area contributed by atoms with Crippen molar-refractivity contribution < 1.29 is 19.1 Å². The number of carbonyl (C=O) groups is 2. The minimum absolute atomic E-state index is 0.0842. The van der Waals surface area contributed by atoms with Gasteiger partial charge in [-0.1, -0.05) is 19.9 Å². The molecule has 0 radical (unpaired) electrons. The van der Waals surface area contributed by atoms with Crippen LogP contribution in [0.5, 0.6) is 0 Å². The van der Waals surface area contributed by atoms with Crippen molar-refractivity contribution in [3.8, 4) is 0 Å². The number of hydrogen-bond donors (Lipinski definition) is 0. The second kappa shape index (κ2) is 6.30. The highest BCUT2D eigenvalue weighted by Gasteiger charge is 2.33. The van der Waals surface area contributed by atoms with E-state index in [0.717, 1.165) is 0 Å². The highest BCUT2D eigenvalue weighted by atomic mass is 16.6. The van der Waals surface area contributed by atoms with E-state index in [1.807, 2.05) is 13.8 Å². The van der Waals surface area contributed by atoms with E-state index >= 15 is 0 Å². The van der Waals surface area contributed by atoms with Gasteiger partial charge in [-0.25, -0.2) is 4.79 Å². The standard InChI is InChI=1S/C12H20O4/c1-6-7-10(13)16-12(4,5)11(14)15-8-9(2)3/h6,9H,1,7-8H2,2-5H3. The largest absolute Gasteiger partial charge is 0.462 e. The van der Waals surface area contributed by atoms with Crippen molar-refractivity contribution >= 4 is 11.9 Å². The van der Waals surface area contributed by atoms with Crippen LogP contribution in [0.15, 0.2) is 12.7 Å². The van der Waals surface area contributed by atoms with Gasteiger partial charge in [-0.3, -0.25) is 4.79 Å². The summed E-state index contributed by atoms with van der Waals surface area (Å²) in [6.07, 6.45) is 1.51. The molecule has 0 unspecified atom stereocenters. The first-order valence-corrected chi connectivity index (χ1v) is 5.29. The fourth-order valence-corrected chi connectivity index (χ4v) is 0.902. The Morgan fingerprint density at radius 2 is 1.94 bits per heavy atom. The minimum atomic E-state index is -1.24. The van der Waals surface area contributed by atoms with E-state index in [2.05, 4.69) is 6.58 Å². The molecule has 0 aliphatic rings. The highest BCUT2D eigenvalue weighted by Crippen LogP contribution is 2.13. The zero-order chi connectivity index (χ0) is 12.8. The van der Waals surface area contributed by atoms with Gasteiger partial charge in [-0.15, -0.1) is 6.58 Å². The Morgan fingerprint density at radius 3 is 2.38 bits per heavy atom. The molecule has 0 N–H and O–H groups in total. The van der Waals surface area contributed by atoms with Gasteiger partial charge >= 0.3 is 11.9 Å². The third kappa shape index (κ3) is 5.53. The molecule has 92 valence electrons. The molecule has 0 bridgehead atoms. The van der Waals surface area contributed by atoms with Crippen LogP contribution in [0, 0.1) is 5.92 Å². The van der Waals surface area contributed by atoms with Gasteiger partial charge in [0.1, 0.15) is 0 Å². The van der Waals surface area contributed by atoms with Crippen LogP contribution in [0.25, 0.3) is 0 Å². The van der Waals surface area contributed by atoms with Crippen LogP contribution < -0.4 is 0 Å². The van der Waals surface area contributed by atoms with E-state index in [9.17, 15) is 9.59 Å². The maximum Gasteiger partial charge on any atom is 0.350 e. The highest BCUT2D eigenvalue weighted by molar-refractivity contribution is 5.83. The van der Waals surface area contributed by atoms with Crippen molar-refractivity contribution in [1.29, 1.82) is 0 Å². The second-order valence-corrected chi connectivity index (χ2v) is 4.47. The van der Waals surface area contributed by atoms with Gasteiger partial charge in [-0.2, -0.15) is 0 Å². The molecular formula is C12H20O4. The van der Waals surface area contributed by atoms with Crippen LogP contribution in [0.2, 0.25) is 0 Å². The molecule has 0 aliphatic heterocycles. The molecule has 4 heteroatoms. The Labute approximate surface area is 96.6 Å². The van der Waals surface area contributed by atoms with Gasteiger partial charge in [0, 0.05) is 0 Å². The monoisotopic (exact) mass is 228 g/mol. The smallest absolute Gasteiger partial charge is 0.350 e. The third-order valence-corrected chi connectivity index (χ3v) is 1.72. The predicted octanol–water partition coefficient (Wildman–Crippen LogP) is 2.08. The van der Waals surface area contributed by atoms with Crippen molar-refractivity contribution in [2.45, 2.75) is 39.7 Å². The lowest BCUT2D eigenvalue weighted by Gasteiger charge is -2.23. The zero-order valence-electron chi connectivity index (χ0n) is 10.4. The molecule has 0 heterocycles. The van der Waals surface area contributed by atoms with Crippen molar-refractivity contribution in [2.24, 2.45) is 5.92 Å².